The van der Waals surface area contributed by atoms with E-state index in [4.69, 9.17) is 25.5 Å². The number of fused-ring (bicyclic) bond motifs is 1. The van der Waals surface area contributed by atoms with Gasteiger partial charge < -0.3 is 20.8 Å². The van der Waals surface area contributed by atoms with Crippen molar-refractivity contribution < 1.29 is 19.8 Å². The summed E-state index contributed by atoms with van der Waals surface area (Å²) < 4.78 is 0. The van der Waals surface area contributed by atoms with Gasteiger partial charge in [-0.05, 0) is 30.0 Å². The first-order chi connectivity index (χ1) is 8.95. The molecule has 1 aliphatic heterocycles. The van der Waals surface area contributed by atoms with Gasteiger partial charge in [0.2, 0.25) is 0 Å². The van der Waals surface area contributed by atoms with E-state index >= 15 is 0 Å². The van der Waals surface area contributed by atoms with Crippen LogP contribution in [0, 0.1) is 0 Å². The van der Waals surface area contributed by atoms with Crippen molar-refractivity contribution in [3.63, 3.8) is 0 Å². The minimum Gasteiger partial charge on any atom is -0.473 e. The Bertz CT molecular complexity index is 462. The Morgan fingerprint density at radius 3 is 2.47 bits per heavy atom. The fraction of sp³-hybridized carbons (Fsp3) is 0.385. The van der Waals surface area contributed by atoms with Gasteiger partial charge in [-0.25, -0.2) is 9.59 Å². The number of aliphatic carboxylic acids is 2. The number of carbonyl (C=O) groups is 2. The first-order valence-electron chi connectivity index (χ1n) is 5.95. The summed E-state index contributed by atoms with van der Waals surface area (Å²) in [5.41, 5.74) is 9.68. The molecule has 1 aromatic rings. The lowest BCUT2D eigenvalue weighted by Gasteiger charge is -2.27. The summed E-state index contributed by atoms with van der Waals surface area (Å²) in [6.45, 7) is 1.83. The minimum absolute atomic E-state index is 0.650. The fourth-order valence-corrected chi connectivity index (χ4v) is 1.97. The molecule has 0 radical (unpaired) electrons. The summed E-state index contributed by atoms with van der Waals surface area (Å²) in [5, 5.41) is 14.8. The second-order valence-corrected chi connectivity index (χ2v) is 4.30. The molecule has 0 bridgehead atoms. The molecule has 0 saturated carbocycles. The van der Waals surface area contributed by atoms with Crippen molar-refractivity contribution in [3.8, 4) is 0 Å². The van der Waals surface area contributed by atoms with Crippen LogP contribution in [0.5, 0.6) is 0 Å². The molecule has 19 heavy (non-hydrogen) atoms. The van der Waals surface area contributed by atoms with E-state index in [1.165, 1.54) is 36.2 Å². The van der Waals surface area contributed by atoms with Crippen molar-refractivity contribution >= 4 is 17.6 Å². The van der Waals surface area contributed by atoms with Crippen molar-refractivity contribution in [2.24, 2.45) is 5.73 Å². The molecule has 0 saturated heterocycles. The highest BCUT2D eigenvalue weighted by Crippen LogP contribution is 2.26. The third kappa shape index (κ3) is 4.26. The zero-order valence-corrected chi connectivity index (χ0v) is 10.8. The molecule has 2 rings (SSSR count). The highest BCUT2D eigenvalue weighted by atomic mass is 16.4. The summed E-state index contributed by atoms with van der Waals surface area (Å²) in [6.07, 6.45) is 2.46. The fourth-order valence-electron chi connectivity index (χ4n) is 1.97. The van der Waals surface area contributed by atoms with Crippen LogP contribution < -0.4 is 10.6 Å². The van der Waals surface area contributed by atoms with Crippen LogP contribution in [0.3, 0.4) is 0 Å². The van der Waals surface area contributed by atoms with E-state index in [1.54, 1.807) is 0 Å². The molecule has 1 heterocycles. The summed E-state index contributed by atoms with van der Waals surface area (Å²) in [4.78, 5) is 20.5. The maximum Gasteiger partial charge on any atom is 0.414 e. The van der Waals surface area contributed by atoms with Crippen molar-refractivity contribution in [2.75, 3.05) is 18.5 Å². The van der Waals surface area contributed by atoms with Crippen molar-refractivity contribution in [3.05, 3.63) is 29.3 Å². The molecule has 6 heteroatoms. The number of carboxylic acid groups (broad SMARTS) is 2. The van der Waals surface area contributed by atoms with E-state index in [9.17, 15) is 0 Å². The van der Waals surface area contributed by atoms with Gasteiger partial charge in [0, 0.05) is 25.8 Å². The molecule has 1 aliphatic rings. The number of rotatable bonds is 1. The van der Waals surface area contributed by atoms with Gasteiger partial charge in [0.1, 0.15) is 0 Å². The number of carboxylic acids is 2. The van der Waals surface area contributed by atoms with Gasteiger partial charge in [-0.15, -0.1) is 0 Å². The van der Waals surface area contributed by atoms with Crippen LogP contribution in [0.25, 0.3) is 0 Å². The summed E-state index contributed by atoms with van der Waals surface area (Å²) in [6, 6.07) is 6.56. The van der Waals surface area contributed by atoms with E-state index < -0.39 is 11.9 Å². The monoisotopic (exact) mass is 266 g/mol. The van der Waals surface area contributed by atoms with Gasteiger partial charge in [-0.2, -0.15) is 0 Å². The Labute approximate surface area is 111 Å². The Morgan fingerprint density at radius 1 is 1.32 bits per heavy atom. The molecule has 0 spiro atoms. The van der Waals surface area contributed by atoms with Gasteiger partial charge in [0.05, 0.1) is 0 Å². The molecule has 0 atom stereocenters. The molecular formula is C13H18N2O4. The predicted octanol–water partition coefficient (Wildman–Crippen LogP) is 0.683. The van der Waals surface area contributed by atoms with Gasteiger partial charge in [-0.3, -0.25) is 0 Å². The Balaban J connectivity index is 0.000000258. The third-order valence-corrected chi connectivity index (χ3v) is 2.91. The van der Waals surface area contributed by atoms with Crippen LogP contribution in [0.2, 0.25) is 0 Å². The molecule has 1 aromatic carbocycles. The van der Waals surface area contributed by atoms with Crippen LogP contribution in [0.1, 0.15) is 17.5 Å². The highest BCUT2D eigenvalue weighted by Gasteiger charge is 2.12. The van der Waals surface area contributed by atoms with Gasteiger partial charge in [-0.1, -0.05) is 12.1 Å². The lowest BCUT2D eigenvalue weighted by Crippen LogP contribution is -2.24. The molecular weight excluding hydrogens is 248 g/mol. The maximum atomic E-state index is 9.10. The van der Waals surface area contributed by atoms with Crippen LogP contribution in [0.15, 0.2) is 18.2 Å². The Kier molecular flexibility index (Phi) is 5.32. The second kappa shape index (κ2) is 6.75. The number of anilines is 1. The number of nitrogens with zero attached hydrogens (tertiary/aromatic N) is 1. The van der Waals surface area contributed by atoms with Crippen molar-refractivity contribution in [1.29, 1.82) is 0 Å². The lowest BCUT2D eigenvalue weighted by atomic mass is 10.00. The largest absolute Gasteiger partial charge is 0.473 e. The number of hydrogen-bond acceptors (Lipinski definition) is 4. The number of hydrogen-bond donors (Lipinski definition) is 3. The van der Waals surface area contributed by atoms with E-state index in [0.29, 0.717) is 6.54 Å². The second-order valence-electron chi connectivity index (χ2n) is 4.30. The number of benzene rings is 1. The summed E-state index contributed by atoms with van der Waals surface area (Å²) in [5.74, 6) is -3.65. The average molecular weight is 266 g/mol. The average Bonchev–Trinajstić information content (AvgIpc) is 2.39. The zero-order chi connectivity index (χ0) is 14.4. The normalized spacial score (nSPS) is 13.1. The molecule has 0 aromatic heterocycles. The summed E-state index contributed by atoms with van der Waals surface area (Å²) in [7, 11) is 2.15. The summed E-state index contributed by atoms with van der Waals surface area (Å²) >= 11 is 0. The molecule has 0 unspecified atom stereocenters. The van der Waals surface area contributed by atoms with E-state index in [0.717, 1.165) is 0 Å². The van der Waals surface area contributed by atoms with Gasteiger partial charge >= 0.3 is 11.9 Å². The molecule has 0 fully saturated rings. The van der Waals surface area contributed by atoms with E-state index in [2.05, 4.69) is 30.1 Å². The first kappa shape index (κ1) is 15.0. The quantitative estimate of drug-likeness (QED) is 0.646. The van der Waals surface area contributed by atoms with Crippen LogP contribution in [0.4, 0.5) is 5.69 Å². The Hall–Kier alpha value is -2.08. The number of aryl methyl sites for hydroxylation is 1. The Morgan fingerprint density at radius 2 is 1.95 bits per heavy atom. The standard InChI is InChI=1S/C11H16N2.C2H2O4/c1-13-6-2-3-10-7-9(8-12)4-5-11(10)13;3-1(4)2(5)6/h4-5,7H,2-3,6,8,12H2,1H3;(H,3,4)(H,5,6). The lowest BCUT2D eigenvalue weighted by molar-refractivity contribution is -0.159. The highest BCUT2D eigenvalue weighted by molar-refractivity contribution is 6.27. The van der Waals surface area contributed by atoms with Gasteiger partial charge in [0.25, 0.3) is 0 Å². The van der Waals surface area contributed by atoms with Crippen LogP contribution >= 0.6 is 0 Å². The van der Waals surface area contributed by atoms with Crippen LogP contribution in [-0.2, 0) is 22.6 Å². The topological polar surface area (TPSA) is 104 Å². The molecule has 0 aliphatic carbocycles. The maximum absolute atomic E-state index is 9.10. The number of nitrogens with two attached hydrogens (primary N) is 1. The third-order valence-electron chi connectivity index (χ3n) is 2.91. The SMILES string of the molecule is CN1CCCc2cc(CN)ccc21.O=C(O)C(=O)O. The first-order valence-corrected chi connectivity index (χ1v) is 5.95. The van der Waals surface area contributed by atoms with Crippen LogP contribution in [-0.4, -0.2) is 35.7 Å². The van der Waals surface area contributed by atoms with E-state index in [-0.39, 0.29) is 0 Å². The molecule has 4 N–H and O–H groups in total. The van der Waals surface area contributed by atoms with Crippen molar-refractivity contribution in [1.82, 2.24) is 0 Å². The predicted molar refractivity (Wildman–Crippen MR) is 71.2 cm³/mol. The van der Waals surface area contributed by atoms with Gasteiger partial charge in [0.15, 0.2) is 0 Å². The molecule has 0 amide bonds. The molecule has 6 nitrogen and oxygen atoms in total. The smallest absolute Gasteiger partial charge is 0.414 e. The zero-order valence-electron chi connectivity index (χ0n) is 10.8. The van der Waals surface area contributed by atoms with Crippen molar-refractivity contribution in [2.45, 2.75) is 19.4 Å². The minimum atomic E-state index is -1.82. The van der Waals surface area contributed by atoms with E-state index in [1.807, 2.05) is 0 Å². The molecule has 104 valence electrons.